The smallest absolute Gasteiger partial charge is 0.664 e. The van der Waals surface area contributed by atoms with E-state index in [1.807, 2.05) is 13.8 Å². The molecule has 9 nitrogen and oxygen atoms in total. The molecule has 0 aliphatic heterocycles. The second-order valence-corrected chi connectivity index (χ2v) is 7.45. The van der Waals surface area contributed by atoms with Gasteiger partial charge < -0.3 is 30.7 Å². The number of hydrogen-bond acceptors (Lipinski definition) is 8. The van der Waals surface area contributed by atoms with Gasteiger partial charge in [-0.3, -0.25) is 4.79 Å². The summed E-state index contributed by atoms with van der Waals surface area (Å²) in [6, 6.07) is 3.84. The van der Waals surface area contributed by atoms with Crippen LogP contribution in [0.25, 0.3) is 0 Å². The summed E-state index contributed by atoms with van der Waals surface area (Å²) in [5.74, 6) is -1.93. The fourth-order valence-corrected chi connectivity index (χ4v) is 2.28. The summed E-state index contributed by atoms with van der Waals surface area (Å²) in [5, 5.41) is 12.9. The number of hydrogen-bond donors (Lipinski definition) is 2. The molecule has 3 atom stereocenters. The molecule has 1 rings (SSSR count). The van der Waals surface area contributed by atoms with Gasteiger partial charge in [-0.15, -0.1) is 0 Å². The number of rotatable bonds is 10. The molecule has 0 radical (unpaired) electrons. The van der Waals surface area contributed by atoms with Crippen LogP contribution in [-0.4, -0.2) is 42.6 Å². The number of carbonyl (C=O) groups is 3. The van der Waals surface area contributed by atoms with Crippen LogP contribution in [0.1, 0.15) is 45.0 Å². The summed E-state index contributed by atoms with van der Waals surface area (Å²) in [6.07, 6.45) is -0.729. The second kappa shape index (κ2) is 14.1. The van der Waals surface area contributed by atoms with Gasteiger partial charge in [-0.05, 0) is 43.0 Å². The summed E-state index contributed by atoms with van der Waals surface area (Å²) >= 11 is 0. The van der Waals surface area contributed by atoms with Gasteiger partial charge in [0.15, 0.2) is 0 Å². The van der Waals surface area contributed by atoms with Gasteiger partial charge in [-0.2, -0.15) is 0 Å². The summed E-state index contributed by atoms with van der Waals surface area (Å²) in [5.41, 5.74) is 6.04. The fraction of sp³-hybridized carbons (Fsp3) is 0.550. The zero-order chi connectivity index (χ0) is 22.1. The number of nitrogens with two attached hydrogens (primary N) is 1. The first-order valence-corrected chi connectivity index (χ1v) is 9.40. The van der Waals surface area contributed by atoms with E-state index >= 15 is 0 Å². The molecule has 0 aromatic heterocycles. The van der Waals surface area contributed by atoms with Crippen molar-refractivity contribution in [3.63, 3.8) is 0 Å². The Kier molecular flexibility index (Phi) is 13.6. The van der Waals surface area contributed by atoms with Crippen LogP contribution in [0.15, 0.2) is 24.3 Å². The van der Waals surface area contributed by atoms with E-state index < -0.39 is 36.0 Å². The first-order valence-electron chi connectivity index (χ1n) is 9.40. The van der Waals surface area contributed by atoms with Gasteiger partial charge >= 0.3 is 63.3 Å². The Balaban J connectivity index is 0.00000841. The van der Waals surface area contributed by atoms with Gasteiger partial charge in [0.25, 0.3) is 0 Å². The molecule has 3 N–H and O–H groups in total. The molecule has 1 aromatic carbocycles. The van der Waals surface area contributed by atoms with E-state index in [9.17, 15) is 19.6 Å². The zero-order valence-electron chi connectivity index (χ0n) is 18.3. The van der Waals surface area contributed by atoms with E-state index in [1.165, 1.54) is 24.3 Å². The Morgan fingerprint density at radius 2 is 1.60 bits per heavy atom. The van der Waals surface area contributed by atoms with Crippen molar-refractivity contribution in [1.29, 1.82) is 0 Å². The maximum absolute atomic E-state index is 12.4. The average molecular weight is 449 g/mol. The summed E-state index contributed by atoms with van der Waals surface area (Å²) in [4.78, 5) is 40.4. The molecule has 10 heteroatoms. The van der Waals surface area contributed by atoms with Crippen LogP contribution in [0.4, 0.5) is 0 Å². The Labute approximate surface area is 219 Å². The van der Waals surface area contributed by atoms with Crippen LogP contribution < -0.4 is 72.6 Å². The molecule has 0 spiro atoms. The predicted molar refractivity (Wildman–Crippen MR) is 102 cm³/mol. The van der Waals surface area contributed by atoms with Crippen molar-refractivity contribution >= 4 is 17.8 Å². The van der Waals surface area contributed by atoms with Crippen molar-refractivity contribution in [2.75, 3.05) is 6.61 Å². The minimum absolute atomic E-state index is 0. The Hall–Kier alpha value is -1.01. The molecular weight excluding hydrogens is 419 g/mol. The number of amides is 1. The van der Waals surface area contributed by atoms with E-state index in [1.54, 1.807) is 20.8 Å². The predicted octanol–water partition coefficient (Wildman–Crippen LogP) is -2.44. The molecule has 3 unspecified atom stereocenters. The van der Waals surface area contributed by atoms with Gasteiger partial charge in [0, 0.05) is 0 Å². The monoisotopic (exact) mass is 448 g/mol. The molecule has 30 heavy (non-hydrogen) atoms. The average Bonchev–Trinajstić information content (AvgIpc) is 2.68. The number of esters is 2. The summed E-state index contributed by atoms with van der Waals surface area (Å²) in [6.45, 7) is 8.56. The summed E-state index contributed by atoms with van der Waals surface area (Å²) in [7, 11) is 0. The topological polar surface area (TPSA) is 140 Å². The minimum atomic E-state index is -0.870. The SMILES string of the molecule is CC(COC(=O)c1ccc(O[O-])cc1)OC(=O)C(NC(=O)C(N)C(C)C)C(C)C.[K+]. The maximum atomic E-state index is 12.4. The van der Waals surface area contributed by atoms with Crippen molar-refractivity contribution in [3.05, 3.63) is 29.8 Å². The zero-order valence-corrected chi connectivity index (χ0v) is 21.5. The first kappa shape index (κ1) is 29.0. The van der Waals surface area contributed by atoms with E-state index in [2.05, 4.69) is 10.2 Å². The van der Waals surface area contributed by atoms with Crippen LogP contribution in [0, 0.1) is 11.8 Å². The van der Waals surface area contributed by atoms with Gasteiger partial charge in [0.1, 0.15) is 24.5 Å². The van der Waals surface area contributed by atoms with E-state index in [-0.39, 0.29) is 81.1 Å². The normalized spacial score (nSPS) is 13.6. The number of ether oxygens (including phenoxy) is 2. The van der Waals surface area contributed by atoms with Crippen molar-refractivity contribution in [2.45, 2.75) is 52.8 Å². The van der Waals surface area contributed by atoms with Crippen molar-refractivity contribution in [1.82, 2.24) is 5.32 Å². The maximum Gasteiger partial charge on any atom is 1.00 e. The number of benzene rings is 1. The van der Waals surface area contributed by atoms with E-state index in [0.717, 1.165) is 0 Å². The Bertz CT molecular complexity index is 695. The van der Waals surface area contributed by atoms with Crippen molar-refractivity contribution < 1.29 is 85.4 Å². The molecule has 0 saturated heterocycles. The standard InChI is InChI=1S/C20H30N2O7.K/c1-11(2)16(21)18(23)22-17(12(3)4)20(25)28-13(5)10-27-19(24)14-6-8-15(29-26)9-7-14;/h6-9,11-13,16-17,26H,10,21H2,1-5H3,(H,22,23);/q;+1/p-1. The fourth-order valence-electron chi connectivity index (χ4n) is 2.28. The van der Waals surface area contributed by atoms with Crippen LogP contribution in [0.3, 0.4) is 0 Å². The van der Waals surface area contributed by atoms with E-state index in [0.29, 0.717) is 0 Å². The third-order valence-electron chi connectivity index (χ3n) is 4.19. The minimum Gasteiger partial charge on any atom is -0.664 e. The van der Waals surface area contributed by atoms with Crippen molar-refractivity contribution in [2.24, 2.45) is 17.6 Å². The largest absolute Gasteiger partial charge is 1.00 e. The van der Waals surface area contributed by atoms with Crippen molar-refractivity contribution in [3.8, 4) is 5.75 Å². The molecule has 0 heterocycles. The van der Waals surface area contributed by atoms with Crippen LogP contribution >= 0.6 is 0 Å². The van der Waals surface area contributed by atoms with Crippen LogP contribution in [0.2, 0.25) is 0 Å². The Morgan fingerprint density at radius 3 is 2.07 bits per heavy atom. The molecule has 0 bridgehead atoms. The Morgan fingerprint density at radius 1 is 1.03 bits per heavy atom. The second-order valence-electron chi connectivity index (χ2n) is 7.45. The molecule has 162 valence electrons. The van der Waals surface area contributed by atoms with Gasteiger partial charge in [-0.25, -0.2) is 9.59 Å². The van der Waals surface area contributed by atoms with Crippen LogP contribution in [-0.2, 0) is 19.1 Å². The molecule has 0 fully saturated rings. The first-order chi connectivity index (χ1) is 13.6. The number of carbonyl (C=O) groups excluding carboxylic acids is 3. The van der Waals surface area contributed by atoms with Gasteiger partial charge in [-0.1, -0.05) is 27.7 Å². The quantitative estimate of drug-likeness (QED) is 0.174. The number of nitrogens with one attached hydrogen (secondary N) is 1. The molecule has 1 aromatic rings. The third-order valence-corrected chi connectivity index (χ3v) is 4.19. The van der Waals surface area contributed by atoms with Gasteiger partial charge in [0.2, 0.25) is 5.91 Å². The molecule has 1 amide bonds. The summed E-state index contributed by atoms with van der Waals surface area (Å²) < 4.78 is 10.4. The third kappa shape index (κ3) is 9.42. The molecular formula is C20H29KN2O7. The van der Waals surface area contributed by atoms with Crippen LogP contribution in [0.5, 0.6) is 5.75 Å². The van der Waals surface area contributed by atoms with E-state index in [4.69, 9.17) is 15.2 Å². The molecule has 0 saturated carbocycles. The molecule has 0 aliphatic rings. The molecule has 0 aliphatic carbocycles. The van der Waals surface area contributed by atoms with Gasteiger partial charge in [0.05, 0.1) is 11.6 Å².